The van der Waals surface area contributed by atoms with Gasteiger partial charge in [0.05, 0.1) is 6.26 Å². The molecule has 0 radical (unpaired) electrons. The van der Waals surface area contributed by atoms with Gasteiger partial charge >= 0.3 is 5.97 Å². The highest BCUT2D eigenvalue weighted by Crippen LogP contribution is 2.21. The molecule has 1 N–H and O–H groups in total. The van der Waals surface area contributed by atoms with E-state index in [1.807, 2.05) is 51.1 Å². The van der Waals surface area contributed by atoms with Crippen molar-refractivity contribution in [3.63, 3.8) is 0 Å². The molecule has 0 bridgehead atoms. The first-order valence-electron chi connectivity index (χ1n) is 9.51. The van der Waals surface area contributed by atoms with E-state index in [1.165, 1.54) is 17.0 Å². The molecule has 0 aliphatic heterocycles. The second-order valence-electron chi connectivity index (χ2n) is 7.00. The van der Waals surface area contributed by atoms with Gasteiger partial charge in [-0.3, -0.25) is 4.79 Å². The highest BCUT2D eigenvalue weighted by atomic mass is 16.5. The summed E-state index contributed by atoms with van der Waals surface area (Å²) in [7, 11) is 0. The first-order valence-corrected chi connectivity index (χ1v) is 9.51. The minimum atomic E-state index is -0.761. The van der Waals surface area contributed by atoms with Crippen molar-refractivity contribution in [3.8, 4) is 11.4 Å². The summed E-state index contributed by atoms with van der Waals surface area (Å²) in [4.78, 5) is 25.0. The molecule has 0 spiro atoms. The Morgan fingerprint density at radius 1 is 1.17 bits per heavy atom. The van der Waals surface area contributed by atoms with E-state index < -0.39 is 12.6 Å². The Balaban J connectivity index is 1.84. The molecule has 0 aliphatic carbocycles. The zero-order chi connectivity index (χ0) is 21.5. The predicted octanol–water partition coefficient (Wildman–Crippen LogP) is 2.64. The molecule has 30 heavy (non-hydrogen) atoms. The number of hydrogen-bond acceptors (Lipinski definition) is 7. The third-order valence-electron chi connectivity index (χ3n) is 4.48. The van der Waals surface area contributed by atoms with Crippen LogP contribution in [0.5, 0.6) is 0 Å². The molecule has 3 rings (SSSR count). The van der Waals surface area contributed by atoms with Crippen molar-refractivity contribution in [2.45, 2.75) is 26.8 Å². The normalized spacial score (nSPS) is 12.6. The van der Waals surface area contributed by atoms with Gasteiger partial charge in [0, 0.05) is 17.7 Å². The molecule has 0 saturated carbocycles. The number of benzene rings is 1. The number of hydrogen-bond donors (Lipinski definition) is 1. The summed E-state index contributed by atoms with van der Waals surface area (Å²) in [6.45, 7) is 5.45. The third kappa shape index (κ3) is 5.19. The summed E-state index contributed by atoms with van der Waals surface area (Å²) in [5, 5.41) is 14.4. The molecular formula is C21H23N5O4. The summed E-state index contributed by atoms with van der Waals surface area (Å²) >= 11 is 0. The predicted molar refractivity (Wildman–Crippen MR) is 110 cm³/mol. The SMILES string of the molecule is CC(C)C(C)NC(=O)COC(=O)/C(=C/c1ccco1)n1nnnc1-c1ccccc1. The number of nitrogens with zero attached hydrogens (tertiary/aromatic N) is 4. The number of tetrazole rings is 1. The van der Waals surface area contributed by atoms with Gasteiger partial charge in [-0.15, -0.1) is 5.10 Å². The van der Waals surface area contributed by atoms with E-state index in [0.29, 0.717) is 17.1 Å². The van der Waals surface area contributed by atoms with Gasteiger partial charge in [-0.25, -0.2) is 4.79 Å². The maximum Gasteiger partial charge on any atom is 0.357 e. The van der Waals surface area contributed by atoms with Gasteiger partial charge in [0.15, 0.2) is 18.1 Å². The Hall–Kier alpha value is -3.75. The summed E-state index contributed by atoms with van der Waals surface area (Å²) in [5.74, 6) is -0.128. The first-order chi connectivity index (χ1) is 14.5. The standard InChI is InChI=1S/C21H23N5O4/c1-14(2)15(3)22-19(27)13-30-21(28)18(12-17-10-7-11-29-17)26-20(23-24-25-26)16-8-5-4-6-9-16/h4-12,14-15H,13H2,1-3H3,(H,22,27)/b18-12-. The maximum atomic E-state index is 12.8. The minimum Gasteiger partial charge on any atom is -0.465 e. The first kappa shape index (κ1) is 21.0. The van der Waals surface area contributed by atoms with Crippen molar-refractivity contribution in [1.29, 1.82) is 0 Å². The molecule has 0 saturated heterocycles. The van der Waals surface area contributed by atoms with Crippen LogP contribution in [-0.4, -0.2) is 44.7 Å². The zero-order valence-corrected chi connectivity index (χ0v) is 17.0. The van der Waals surface area contributed by atoms with Crippen LogP contribution in [0, 0.1) is 5.92 Å². The van der Waals surface area contributed by atoms with Crippen LogP contribution in [0.25, 0.3) is 23.2 Å². The Labute approximate surface area is 173 Å². The summed E-state index contributed by atoms with van der Waals surface area (Å²) in [6.07, 6.45) is 2.94. The molecule has 2 aromatic heterocycles. The molecule has 1 atom stereocenters. The van der Waals surface area contributed by atoms with Crippen LogP contribution in [0.15, 0.2) is 53.1 Å². The lowest BCUT2D eigenvalue weighted by atomic mass is 10.1. The summed E-state index contributed by atoms with van der Waals surface area (Å²) in [5.41, 5.74) is 0.725. The van der Waals surface area contributed by atoms with E-state index in [0.717, 1.165) is 0 Å². The number of aromatic nitrogens is 4. The van der Waals surface area contributed by atoms with Gasteiger partial charge in [0.25, 0.3) is 5.91 Å². The van der Waals surface area contributed by atoms with Crippen LogP contribution in [0.1, 0.15) is 26.5 Å². The monoisotopic (exact) mass is 409 g/mol. The third-order valence-corrected chi connectivity index (χ3v) is 4.48. The Kier molecular flexibility index (Phi) is 6.74. The van der Waals surface area contributed by atoms with Crippen LogP contribution in [0.2, 0.25) is 0 Å². The highest BCUT2D eigenvalue weighted by molar-refractivity contribution is 6.15. The van der Waals surface area contributed by atoms with E-state index >= 15 is 0 Å². The topological polar surface area (TPSA) is 112 Å². The zero-order valence-electron chi connectivity index (χ0n) is 17.0. The van der Waals surface area contributed by atoms with Crippen LogP contribution in [-0.2, 0) is 14.3 Å². The van der Waals surface area contributed by atoms with Gasteiger partial charge in [-0.05, 0) is 35.4 Å². The molecule has 156 valence electrons. The van der Waals surface area contributed by atoms with E-state index in [4.69, 9.17) is 9.15 Å². The summed E-state index contributed by atoms with van der Waals surface area (Å²) in [6, 6.07) is 12.5. The molecule has 1 unspecified atom stereocenters. The van der Waals surface area contributed by atoms with Crippen LogP contribution in [0.4, 0.5) is 0 Å². The van der Waals surface area contributed by atoms with E-state index in [1.54, 1.807) is 12.1 Å². The fraction of sp³-hybridized carbons (Fsp3) is 0.286. The second-order valence-corrected chi connectivity index (χ2v) is 7.00. The largest absolute Gasteiger partial charge is 0.465 e. The van der Waals surface area contributed by atoms with Crippen molar-refractivity contribution < 1.29 is 18.7 Å². The van der Waals surface area contributed by atoms with E-state index in [9.17, 15) is 9.59 Å². The lowest BCUT2D eigenvalue weighted by molar-refractivity contribution is -0.143. The van der Waals surface area contributed by atoms with Crippen molar-refractivity contribution >= 4 is 23.6 Å². The number of furan rings is 1. The Bertz CT molecular complexity index is 1010. The van der Waals surface area contributed by atoms with E-state index in [2.05, 4.69) is 20.8 Å². The van der Waals surface area contributed by atoms with Crippen LogP contribution < -0.4 is 5.32 Å². The van der Waals surface area contributed by atoms with Gasteiger partial charge < -0.3 is 14.5 Å². The lowest BCUT2D eigenvalue weighted by Crippen LogP contribution is -2.38. The number of nitrogens with one attached hydrogen (secondary N) is 1. The number of amides is 1. The Morgan fingerprint density at radius 2 is 1.93 bits per heavy atom. The molecule has 0 fully saturated rings. The molecule has 3 aromatic rings. The molecule has 2 heterocycles. The Morgan fingerprint density at radius 3 is 2.60 bits per heavy atom. The van der Waals surface area contributed by atoms with Crippen LogP contribution in [0.3, 0.4) is 0 Å². The smallest absolute Gasteiger partial charge is 0.357 e. The fourth-order valence-electron chi connectivity index (χ4n) is 2.50. The van der Waals surface area contributed by atoms with E-state index in [-0.39, 0.29) is 23.6 Å². The van der Waals surface area contributed by atoms with Gasteiger partial charge in [-0.1, -0.05) is 44.2 Å². The quantitative estimate of drug-likeness (QED) is 0.449. The molecule has 0 aliphatic rings. The van der Waals surface area contributed by atoms with Crippen LogP contribution >= 0.6 is 0 Å². The van der Waals surface area contributed by atoms with Gasteiger partial charge in [-0.2, -0.15) is 4.68 Å². The number of carbonyl (C=O) groups excluding carboxylic acids is 2. The minimum absolute atomic E-state index is 0.0125. The maximum absolute atomic E-state index is 12.8. The van der Waals surface area contributed by atoms with Gasteiger partial charge in [0.2, 0.25) is 0 Å². The number of carbonyl (C=O) groups is 2. The molecule has 1 aromatic carbocycles. The lowest BCUT2D eigenvalue weighted by Gasteiger charge is -2.17. The molecular weight excluding hydrogens is 386 g/mol. The number of rotatable bonds is 8. The average Bonchev–Trinajstić information content (AvgIpc) is 3.42. The van der Waals surface area contributed by atoms with Crippen molar-refractivity contribution in [2.75, 3.05) is 6.61 Å². The van der Waals surface area contributed by atoms with Crippen molar-refractivity contribution in [2.24, 2.45) is 5.92 Å². The fourth-order valence-corrected chi connectivity index (χ4v) is 2.50. The molecule has 9 heteroatoms. The number of esters is 1. The van der Waals surface area contributed by atoms with Crippen molar-refractivity contribution in [1.82, 2.24) is 25.5 Å². The molecule has 1 amide bonds. The second kappa shape index (κ2) is 9.64. The van der Waals surface area contributed by atoms with Crippen molar-refractivity contribution in [3.05, 3.63) is 54.5 Å². The molecule has 9 nitrogen and oxygen atoms in total. The number of ether oxygens (including phenoxy) is 1. The highest BCUT2D eigenvalue weighted by Gasteiger charge is 2.22. The van der Waals surface area contributed by atoms with Gasteiger partial charge in [0.1, 0.15) is 5.76 Å². The average molecular weight is 409 g/mol. The summed E-state index contributed by atoms with van der Waals surface area (Å²) < 4.78 is 11.8.